The summed E-state index contributed by atoms with van der Waals surface area (Å²) in [7, 11) is 3.12. The lowest BCUT2D eigenvalue weighted by Crippen LogP contribution is -2.32. The smallest absolute Gasteiger partial charge is 0.266 e. The second-order valence-electron chi connectivity index (χ2n) is 7.07. The molecular weight excluding hydrogens is 515 g/mol. The molecule has 1 N–H and O–H groups in total. The Morgan fingerprint density at radius 3 is 2.50 bits per heavy atom. The van der Waals surface area contributed by atoms with Gasteiger partial charge in [0, 0.05) is 6.54 Å². The molecule has 30 heavy (non-hydrogen) atoms. The average Bonchev–Trinajstić information content (AvgIpc) is 2.99. The van der Waals surface area contributed by atoms with Crippen molar-refractivity contribution >= 4 is 57.2 Å². The second-order valence-corrected chi connectivity index (χ2v) is 9.24. The first-order valence-electron chi connectivity index (χ1n) is 9.33. The molecule has 2 aromatic carbocycles. The zero-order chi connectivity index (χ0) is 21.8. The molecule has 1 saturated heterocycles. The third-order valence-electron chi connectivity index (χ3n) is 4.30. The fourth-order valence-electron chi connectivity index (χ4n) is 2.87. The summed E-state index contributed by atoms with van der Waals surface area (Å²) in [6.07, 6.45) is 1.81. The molecule has 0 bridgehead atoms. The number of amides is 1. The summed E-state index contributed by atoms with van der Waals surface area (Å²) in [6.45, 7) is 4.71. The maximum Gasteiger partial charge on any atom is 0.266 e. The van der Waals surface area contributed by atoms with Crippen LogP contribution in [0.1, 0.15) is 19.4 Å². The Hall–Kier alpha value is -2.20. The minimum absolute atomic E-state index is 0.0805. The molecule has 0 saturated carbocycles. The lowest BCUT2D eigenvalue weighted by atomic mass is 10.1. The van der Waals surface area contributed by atoms with Crippen molar-refractivity contribution in [3.63, 3.8) is 0 Å². The third-order valence-corrected chi connectivity index (χ3v) is 6.13. The van der Waals surface area contributed by atoms with E-state index >= 15 is 0 Å². The second kappa shape index (κ2) is 9.74. The van der Waals surface area contributed by atoms with Crippen LogP contribution in [0.15, 0.2) is 46.3 Å². The largest absolute Gasteiger partial charge is 0.504 e. The van der Waals surface area contributed by atoms with E-state index in [1.54, 1.807) is 24.2 Å². The summed E-state index contributed by atoms with van der Waals surface area (Å²) in [6, 6.07) is 10.9. The van der Waals surface area contributed by atoms with Crippen LogP contribution in [0.25, 0.3) is 6.08 Å². The van der Waals surface area contributed by atoms with Gasteiger partial charge in [-0.3, -0.25) is 9.69 Å². The Labute approximate surface area is 194 Å². The Bertz CT molecular complexity index is 1000. The predicted molar refractivity (Wildman–Crippen MR) is 130 cm³/mol. The van der Waals surface area contributed by atoms with Crippen molar-refractivity contribution in [2.24, 2.45) is 10.9 Å². The number of hydrogen-bond donors (Lipinski definition) is 1. The van der Waals surface area contributed by atoms with E-state index in [4.69, 9.17) is 14.5 Å². The highest BCUT2D eigenvalue weighted by Gasteiger charge is 2.33. The lowest BCUT2D eigenvalue weighted by molar-refractivity contribution is -0.122. The minimum Gasteiger partial charge on any atom is -0.504 e. The summed E-state index contributed by atoms with van der Waals surface area (Å²) in [5.41, 5.74) is 1.53. The maximum absolute atomic E-state index is 13.1. The average molecular weight is 538 g/mol. The van der Waals surface area contributed by atoms with E-state index < -0.39 is 0 Å². The maximum atomic E-state index is 13.1. The molecule has 0 unspecified atom stereocenters. The van der Waals surface area contributed by atoms with Crippen LogP contribution in [-0.2, 0) is 4.79 Å². The molecule has 0 atom stereocenters. The Morgan fingerprint density at radius 2 is 1.90 bits per heavy atom. The third kappa shape index (κ3) is 5.10. The van der Waals surface area contributed by atoms with E-state index in [1.165, 1.54) is 18.9 Å². The quantitative estimate of drug-likeness (QED) is 0.401. The highest BCUT2D eigenvalue weighted by atomic mass is 127. The fraction of sp³-hybridized carbons (Fsp3) is 0.273. The molecule has 0 aliphatic carbocycles. The lowest BCUT2D eigenvalue weighted by Gasteiger charge is -2.17. The highest BCUT2D eigenvalue weighted by molar-refractivity contribution is 14.1. The Kier molecular flexibility index (Phi) is 7.30. The van der Waals surface area contributed by atoms with Gasteiger partial charge in [-0.25, -0.2) is 4.99 Å². The van der Waals surface area contributed by atoms with Gasteiger partial charge < -0.3 is 14.6 Å². The van der Waals surface area contributed by atoms with Gasteiger partial charge in [-0.1, -0.05) is 13.8 Å². The molecule has 1 aliphatic rings. The molecule has 0 spiro atoms. The topological polar surface area (TPSA) is 71.4 Å². The van der Waals surface area contributed by atoms with Gasteiger partial charge in [0.1, 0.15) is 5.75 Å². The molecule has 8 heteroatoms. The normalized spacial score (nSPS) is 16.7. The number of hydrogen-bond acceptors (Lipinski definition) is 6. The van der Waals surface area contributed by atoms with Gasteiger partial charge in [0.25, 0.3) is 5.91 Å². The standard InChI is InChI=1S/C22H23IN2O4S/c1-13(2)12-25-21(27)19(11-14-9-17(23)20(26)18(10-14)29-4)30-22(25)24-15-5-7-16(28-3)8-6-15/h5-11,13,26H,12H2,1-4H3/b19-11+,24-22?. The van der Waals surface area contributed by atoms with Crippen molar-refractivity contribution in [2.75, 3.05) is 20.8 Å². The van der Waals surface area contributed by atoms with Crippen molar-refractivity contribution < 1.29 is 19.4 Å². The van der Waals surface area contributed by atoms with E-state index in [0.29, 0.717) is 31.9 Å². The number of aliphatic imine (C=N–C) groups is 1. The molecule has 6 nitrogen and oxygen atoms in total. The summed E-state index contributed by atoms with van der Waals surface area (Å²) < 4.78 is 11.1. The van der Waals surface area contributed by atoms with Crippen molar-refractivity contribution in [1.82, 2.24) is 4.90 Å². The van der Waals surface area contributed by atoms with E-state index in [0.717, 1.165) is 17.0 Å². The van der Waals surface area contributed by atoms with Gasteiger partial charge in [0.15, 0.2) is 16.7 Å². The SMILES string of the molecule is COc1ccc(N=C2S/C(=C/c3cc(I)c(O)c(OC)c3)C(=O)N2CC(C)C)cc1. The first-order chi connectivity index (χ1) is 14.3. The first kappa shape index (κ1) is 22.5. The number of benzene rings is 2. The molecule has 1 fully saturated rings. The van der Waals surface area contributed by atoms with Crippen molar-refractivity contribution in [3.05, 3.63) is 50.4 Å². The van der Waals surface area contributed by atoms with Crippen LogP contribution in [0.2, 0.25) is 0 Å². The number of thioether (sulfide) groups is 1. The number of aromatic hydroxyl groups is 1. The number of carbonyl (C=O) groups is 1. The summed E-state index contributed by atoms with van der Waals surface area (Å²) in [5.74, 6) is 1.43. The van der Waals surface area contributed by atoms with Gasteiger partial charge in [-0.2, -0.15) is 0 Å². The molecule has 1 aliphatic heterocycles. The number of nitrogens with zero attached hydrogens (tertiary/aromatic N) is 2. The minimum atomic E-state index is -0.0805. The number of rotatable bonds is 6. The summed E-state index contributed by atoms with van der Waals surface area (Å²) in [5, 5.41) is 10.7. The van der Waals surface area contributed by atoms with Gasteiger partial charge >= 0.3 is 0 Å². The number of amidine groups is 1. The van der Waals surface area contributed by atoms with E-state index in [1.807, 2.05) is 52.9 Å². The van der Waals surface area contributed by atoms with Gasteiger partial charge in [0.05, 0.1) is 28.4 Å². The first-order valence-corrected chi connectivity index (χ1v) is 11.2. The molecule has 0 radical (unpaired) electrons. The molecule has 0 aromatic heterocycles. The Morgan fingerprint density at radius 1 is 1.20 bits per heavy atom. The summed E-state index contributed by atoms with van der Waals surface area (Å²) in [4.78, 5) is 20.1. The monoisotopic (exact) mass is 538 g/mol. The molecule has 1 amide bonds. The molecule has 3 rings (SSSR count). The number of phenolic OH excluding ortho intramolecular Hbond substituents is 1. The van der Waals surface area contributed by atoms with Gasteiger partial charge in [-0.15, -0.1) is 0 Å². The number of halogens is 1. The zero-order valence-electron chi connectivity index (χ0n) is 17.2. The van der Waals surface area contributed by atoms with Crippen molar-refractivity contribution in [2.45, 2.75) is 13.8 Å². The highest BCUT2D eigenvalue weighted by Crippen LogP contribution is 2.37. The van der Waals surface area contributed by atoms with Gasteiger partial charge in [-0.05, 0) is 88.3 Å². The van der Waals surface area contributed by atoms with Crippen molar-refractivity contribution in [1.29, 1.82) is 0 Å². The summed E-state index contributed by atoms with van der Waals surface area (Å²) >= 11 is 3.38. The van der Waals surface area contributed by atoms with E-state index in [-0.39, 0.29) is 11.7 Å². The van der Waals surface area contributed by atoms with E-state index in [2.05, 4.69) is 13.8 Å². The van der Waals surface area contributed by atoms with Crippen LogP contribution in [-0.4, -0.2) is 41.8 Å². The van der Waals surface area contributed by atoms with E-state index in [9.17, 15) is 9.90 Å². The van der Waals surface area contributed by atoms with Gasteiger partial charge in [0.2, 0.25) is 0 Å². The molecule has 158 valence electrons. The van der Waals surface area contributed by atoms with Crippen LogP contribution in [0.5, 0.6) is 17.2 Å². The van der Waals surface area contributed by atoms with Crippen LogP contribution in [0.4, 0.5) is 5.69 Å². The molecule has 1 heterocycles. The molecular formula is C22H23IN2O4S. The predicted octanol–water partition coefficient (Wildman–Crippen LogP) is 5.27. The number of carbonyl (C=O) groups excluding carboxylic acids is 1. The Balaban J connectivity index is 1.97. The number of phenols is 1. The van der Waals surface area contributed by atoms with Crippen LogP contribution in [0.3, 0.4) is 0 Å². The number of ether oxygens (including phenoxy) is 2. The van der Waals surface area contributed by atoms with Crippen LogP contribution >= 0.6 is 34.4 Å². The van der Waals surface area contributed by atoms with Crippen LogP contribution < -0.4 is 9.47 Å². The molecule has 2 aromatic rings. The zero-order valence-corrected chi connectivity index (χ0v) is 20.2. The van der Waals surface area contributed by atoms with Crippen molar-refractivity contribution in [3.8, 4) is 17.2 Å². The number of methoxy groups -OCH3 is 2. The van der Waals surface area contributed by atoms with Crippen LogP contribution in [0, 0.1) is 9.49 Å². The fourth-order valence-corrected chi connectivity index (χ4v) is 4.50.